The zero-order valence-corrected chi connectivity index (χ0v) is 9.22. The van der Waals surface area contributed by atoms with Crippen molar-refractivity contribution in [1.82, 2.24) is 20.4 Å². The van der Waals surface area contributed by atoms with E-state index in [1.165, 1.54) is 4.90 Å². The molecule has 0 spiro atoms. The maximum atomic E-state index is 11.7. The van der Waals surface area contributed by atoms with Gasteiger partial charge in [0.05, 0.1) is 12.1 Å². The first-order chi connectivity index (χ1) is 8.16. The summed E-state index contributed by atoms with van der Waals surface area (Å²) in [6.45, 7) is 1.17. The van der Waals surface area contributed by atoms with Crippen LogP contribution in [0.15, 0.2) is 12.4 Å². The summed E-state index contributed by atoms with van der Waals surface area (Å²) in [5.74, 6) is -1.27. The Morgan fingerprint density at radius 1 is 1.65 bits per heavy atom. The van der Waals surface area contributed by atoms with Gasteiger partial charge in [0.15, 0.2) is 0 Å². The van der Waals surface area contributed by atoms with Gasteiger partial charge in [0.2, 0.25) is 0 Å². The lowest BCUT2D eigenvalue weighted by atomic mass is 10.1. The minimum atomic E-state index is -0.838. The SMILES string of the molecule is O=C(O)C1CCN(C(=O)NCc2cn[nH]c2)C1. The van der Waals surface area contributed by atoms with Crippen molar-refractivity contribution in [1.29, 1.82) is 0 Å². The van der Waals surface area contributed by atoms with Crippen LogP contribution in [-0.2, 0) is 11.3 Å². The molecule has 0 aliphatic carbocycles. The van der Waals surface area contributed by atoms with Crippen LogP contribution < -0.4 is 5.32 Å². The highest BCUT2D eigenvalue weighted by Gasteiger charge is 2.30. The molecule has 1 aliphatic rings. The quantitative estimate of drug-likeness (QED) is 0.691. The molecular weight excluding hydrogens is 224 g/mol. The third-order valence-electron chi connectivity index (χ3n) is 2.82. The van der Waals surface area contributed by atoms with Crippen LogP contribution in [-0.4, -0.2) is 45.3 Å². The first kappa shape index (κ1) is 11.4. The number of aromatic amines is 1. The summed E-state index contributed by atoms with van der Waals surface area (Å²) in [7, 11) is 0. The number of likely N-dealkylation sites (tertiary alicyclic amines) is 1. The molecule has 7 heteroatoms. The van der Waals surface area contributed by atoms with Crippen molar-refractivity contribution in [3.8, 4) is 0 Å². The fourth-order valence-electron chi connectivity index (χ4n) is 1.81. The van der Waals surface area contributed by atoms with E-state index in [0.717, 1.165) is 5.56 Å². The number of H-pyrrole nitrogens is 1. The van der Waals surface area contributed by atoms with E-state index >= 15 is 0 Å². The van der Waals surface area contributed by atoms with Crippen LogP contribution in [0.2, 0.25) is 0 Å². The predicted octanol–water partition coefficient (Wildman–Crippen LogP) is 0.0258. The van der Waals surface area contributed by atoms with Crippen molar-refractivity contribution >= 4 is 12.0 Å². The Labute approximate surface area is 97.8 Å². The van der Waals surface area contributed by atoms with Crippen molar-refractivity contribution in [3.63, 3.8) is 0 Å². The van der Waals surface area contributed by atoms with Gasteiger partial charge in [-0.2, -0.15) is 5.10 Å². The highest BCUT2D eigenvalue weighted by molar-refractivity contribution is 5.77. The van der Waals surface area contributed by atoms with Crippen molar-refractivity contribution in [3.05, 3.63) is 18.0 Å². The van der Waals surface area contributed by atoms with Gasteiger partial charge in [-0.05, 0) is 6.42 Å². The largest absolute Gasteiger partial charge is 0.481 e. The monoisotopic (exact) mass is 238 g/mol. The number of aliphatic carboxylic acids is 1. The summed E-state index contributed by atoms with van der Waals surface area (Å²) in [5.41, 5.74) is 0.882. The normalized spacial score (nSPS) is 19.3. The highest BCUT2D eigenvalue weighted by Crippen LogP contribution is 2.16. The molecule has 92 valence electrons. The van der Waals surface area contributed by atoms with E-state index in [1.54, 1.807) is 12.4 Å². The topological polar surface area (TPSA) is 98.3 Å². The van der Waals surface area contributed by atoms with Gasteiger partial charge in [0.1, 0.15) is 0 Å². The average Bonchev–Trinajstić information content (AvgIpc) is 2.96. The molecule has 2 amide bonds. The Balaban J connectivity index is 1.79. The maximum absolute atomic E-state index is 11.7. The van der Waals surface area contributed by atoms with Crippen LogP contribution in [0.5, 0.6) is 0 Å². The fraction of sp³-hybridized carbons (Fsp3) is 0.500. The van der Waals surface area contributed by atoms with E-state index in [0.29, 0.717) is 19.5 Å². The number of amides is 2. The van der Waals surface area contributed by atoms with E-state index in [1.807, 2.05) is 0 Å². The minimum Gasteiger partial charge on any atom is -0.481 e. The summed E-state index contributed by atoms with van der Waals surface area (Å²) in [5, 5.41) is 18.0. The molecule has 1 aromatic heterocycles. The number of carbonyl (C=O) groups is 2. The number of nitrogens with one attached hydrogen (secondary N) is 2. The number of hydrogen-bond acceptors (Lipinski definition) is 3. The van der Waals surface area contributed by atoms with Crippen LogP contribution in [0.4, 0.5) is 4.79 Å². The molecule has 1 fully saturated rings. The summed E-state index contributed by atoms with van der Waals surface area (Å²) in [6, 6.07) is -0.227. The molecule has 1 aliphatic heterocycles. The summed E-state index contributed by atoms with van der Waals surface area (Å²) in [4.78, 5) is 24.0. The van der Waals surface area contributed by atoms with Gasteiger partial charge < -0.3 is 15.3 Å². The van der Waals surface area contributed by atoms with Gasteiger partial charge in [0.25, 0.3) is 0 Å². The minimum absolute atomic E-state index is 0.227. The Hall–Kier alpha value is -2.05. The van der Waals surface area contributed by atoms with Crippen LogP contribution in [0.25, 0.3) is 0 Å². The number of nitrogens with zero attached hydrogens (tertiary/aromatic N) is 2. The summed E-state index contributed by atoms with van der Waals surface area (Å²) in [6.07, 6.45) is 3.85. The zero-order chi connectivity index (χ0) is 12.3. The Morgan fingerprint density at radius 2 is 2.47 bits per heavy atom. The second-order valence-corrected chi connectivity index (χ2v) is 4.04. The second kappa shape index (κ2) is 4.86. The van der Waals surface area contributed by atoms with Gasteiger partial charge in [-0.15, -0.1) is 0 Å². The standard InChI is InChI=1S/C10H14N4O3/c15-9(16)8-1-2-14(6-8)10(17)11-3-7-4-12-13-5-7/h4-5,8H,1-3,6H2,(H,11,17)(H,12,13)(H,15,16). The third-order valence-corrected chi connectivity index (χ3v) is 2.82. The van der Waals surface area contributed by atoms with Gasteiger partial charge in [-0.1, -0.05) is 0 Å². The molecule has 1 atom stereocenters. The van der Waals surface area contributed by atoms with Gasteiger partial charge in [-0.3, -0.25) is 9.89 Å². The Bertz CT molecular complexity index is 404. The zero-order valence-electron chi connectivity index (χ0n) is 9.22. The maximum Gasteiger partial charge on any atom is 0.317 e. The molecule has 0 bridgehead atoms. The number of carbonyl (C=O) groups excluding carboxylic acids is 1. The lowest BCUT2D eigenvalue weighted by Gasteiger charge is -2.16. The van der Waals surface area contributed by atoms with Crippen molar-refractivity contribution in [2.45, 2.75) is 13.0 Å². The lowest BCUT2D eigenvalue weighted by Crippen LogP contribution is -2.38. The van der Waals surface area contributed by atoms with Crippen LogP contribution >= 0.6 is 0 Å². The van der Waals surface area contributed by atoms with E-state index in [2.05, 4.69) is 15.5 Å². The molecule has 2 heterocycles. The smallest absolute Gasteiger partial charge is 0.317 e. The van der Waals surface area contributed by atoms with E-state index < -0.39 is 11.9 Å². The molecule has 1 unspecified atom stereocenters. The first-order valence-electron chi connectivity index (χ1n) is 5.40. The lowest BCUT2D eigenvalue weighted by molar-refractivity contribution is -0.141. The second-order valence-electron chi connectivity index (χ2n) is 4.04. The Kier molecular flexibility index (Phi) is 3.27. The first-order valence-corrected chi connectivity index (χ1v) is 5.40. The fourth-order valence-corrected chi connectivity index (χ4v) is 1.81. The van der Waals surface area contributed by atoms with Crippen molar-refractivity contribution in [2.24, 2.45) is 5.92 Å². The summed E-state index contributed by atoms with van der Waals surface area (Å²) < 4.78 is 0. The predicted molar refractivity (Wildman–Crippen MR) is 58.1 cm³/mol. The molecule has 7 nitrogen and oxygen atoms in total. The number of hydrogen-bond donors (Lipinski definition) is 3. The molecule has 1 saturated heterocycles. The third kappa shape index (κ3) is 2.74. The molecule has 0 aromatic carbocycles. The molecule has 0 radical (unpaired) electrons. The van der Waals surface area contributed by atoms with Gasteiger partial charge in [0, 0.05) is 31.4 Å². The molecule has 17 heavy (non-hydrogen) atoms. The van der Waals surface area contributed by atoms with E-state index in [-0.39, 0.29) is 12.6 Å². The number of urea groups is 1. The van der Waals surface area contributed by atoms with Crippen LogP contribution in [0.1, 0.15) is 12.0 Å². The van der Waals surface area contributed by atoms with Gasteiger partial charge in [-0.25, -0.2) is 4.79 Å². The number of aromatic nitrogens is 2. The van der Waals surface area contributed by atoms with Crippen molar-refractivity contribution in [2.75, 3.05) is 13.1 Å². The van der Waals surface area contributed by atoms with E-state index in [9.17, 15) is 9.59 Å². The van der Waals surface area contributed by atoms with E-state index in [4.69, 9.17) is 5.11 Å². The molecule has 0 saturated carbocycles. The van der Waals surface area contributed by atoms with Crippen molar-refractivity contribution < 1.29 is 14.7 Å². The van der Waals surface area contributed by atoms with Gasteiger partial charge >= 0.3 is 12.0 Å². The van der Waals surface area contributed by atoms with Crippen LogP contribution in [0, 0.1) is 5.92 Å². The summed E-state index contributed by atoms with van der Waals surface area (Å²) >= 11 is 0. The molecule has 2 rings (SSSR count). The number of rotatable bonds is 3. The number of carboxylic acid groups (broad SMARTS) is 1. The average molecular weight is 238 g/mol. The molecule has 3 N–H and O–H groups in total. The van der Waals surface area contributed by atoms with Crippen LogP contribution in [0.3, 0.4) is 0 Å². The molecular formula is C10H14N4O3. The molecule has 1 aromatic rings. The highest BCUT2D eigenvalue weighted by atomic mass is 16.4. The number of carboxylic acids is 1. The Morgan fingerprint density at radius 3 is 3.06 bits per heavy atom.